The van der Waals surface area contributed by atoms with Crippen LogP contribution in [0.2, 0.25) is 5.02 Å². The first kappa shape index (κ1) is 18.1. The largest absolute Gasteiger partial charge is 0.436 e. The Morgan fingerprint density at radius 1 is 0.964 bits per heavy atom. The third kappa shape index (κ3) is 3.56. The topological polar surface area (TPSA) is 85.8 Å². The van der Waals surface area contributed by atoms with Gasteiger partial charge in [0, 0.05) is 17.8 Å². The highest BCUT2D eigenvalue weighted by Crippen LogP contribution is 2.37. The summed E-state index contributed by atoms with van der Waals surface area (Å²) in [5.74, 6) is -0.880. The van der Waals surface area contributed by atoms with E-state index in [2.05, 4.69) is 24.9 Å². The molecule has 7 nitrogen and oxygen atoms in total. The van der Waals surface area contributed by atoms with Crippen molar-refractivity contribution in [1.82, 2.24) is 24.9 Å². The predicted molar refractivity (Wildman–Crippen MR) is 96.8 cm³/mol. The highest BCUT2D eigenvalue weighted by Gasteiger charge is 2.19. The van der Waals surface area contributed by atoms with Crippen molar-refractivity contribution in [2.45, 2.75) is 13.3 Å². The van der Waals surface area contributed by atoms with E-state index in [0.717, 1.165) is 30.2 Å². The Morgan fingerprint density at radius 2 is 1.61 bits per heavy atom. The van der Waals surface area contributed by atoms with Gasteiger partial charge in [0.25, 0.3) is 0 Å². The number of fused-ring (bicyclic) bond motifs is 1. The van der Waals surface area contributed by atoms with E-state index >= 15 is 0 Å². The zero-order chi connectivity index (χ0) is 19.7. The van der Waals surface area contributed by atoms with Gasteiger partial charge in [-0.15, -0.1) is 0 Å². The SMILES string of the molecule is CCc1[nH]c2nc(Oc3cncc(F)c3)nc(Oc3cncc(F)c3)c2c1Cl. The van der Waals surface area contributed by atoms with E-state index in [1.165, 1.54) is 12.4 Å². The number of rotatable bonds is 5. The second-order valence-corrected chi connectivity index (χ2v) is 6.07. The van der Waals surface area contributed by atoms with Gasteiger partial charge in [0.15, 0.2) is 11.5 Å². The molecule has 0 saturated carbocycles. The van der Waals surface area contributed by atoms with Gasteiger partial charge < -0.3 is 14.5 Å². The number of hydrogen-bond donors (Lipinski definition) is 1. The van der Waals surface area contributed by atoms with Crippen LogP contribution in [-0.2, 0) is 6.42 Å². The van der Waals surface area contributed by atoms with Gasteiger partial charge in [0.2, 0.25) is 5.88 Å². The molecule has 28 heavy (non-hydrogen) atoms. The summed E-state index contributed by atoms with van der Waals surface area (Å²) in [6.45, 7) is 1.91. The lowest BCUT2D eigenvalue weighted by Gasteiger charge is -2.08. The van der Waals surface area contributed by atoms with Crippen LogP contribution < -0.4 is 9.47 Å². The van der Waals surface area contributed by atoms with Crippen LogP contribution in [-0.4, -0.2) is 24.9 Å². The Kier molecular flexibility index (Phi) is 4.74. The number of nitrogens with one attached hydrogen (secondary N) is 1. The van der Waals surface area contributed by atoms with Gasteiger partial charge in [-0.3, -0.25) is 9.97 Å². The van der Waals surface area contributed by atoms with E-state index < -0.39 is 11.6 Å². The van der Waals surface area contributed by atoms with Crippen LogP contribution in [0.4, 0.5) is 8.78 Å². The number of ether oxygens (including phenoxy) is 2. The first-order valence-electron chi connectivity index (χ1n) is 8.18. The predicted octanol–water partition coefficient (Wildman–Crippen LogP) is 4.83. The summed E-state index contributed by atoms with van der Waals surface area (Å²) in [6, 6.07) is 2.16. The normalized spacial score (nSPS) is 11.0. The summed E-state index contributed by atoms with van der Waals surface area (Å²) in [7, 11) is 0. The molecule has 0 radical (unpaired) electrons. The van der Waals surface area contributed by atoms with E-state index in [-0.39, 0.29) is 23.4 Å². The molecule has 4 aromatic rings. The molecule has 0 aliphatic heterocycles. The molecule has 0 saturated heterocycles. The number of aromatic nitrogens is 5. The van der Waals surface area contributed by atoms with Crippen molar-refractivity contribution >= 4 is 22.6 Å². The molecule has 0 fully saturated rings. The summed E-state index contributed by atoms with van der Waals surface area (Å²) in [5.41, 5.74) is 1.08. The zero-order valence-corrected chi connectivity index (χ0v) is 15.2. The summed E-state index contributed by atoms with van der Waals surface area (Å²) < 4.78 is 38.0. The molecule has 0 atom stereocenters. The minimum Gasteiger partial charge on any atom is -0.436 e. The number of aromatic amines is 1. The van der Waals surface area contributed by atoms with Crippen LogP contribution in [0.15, 0.2) is 36.9 Å². The lowest BCUT2D eigenvalue weighted by atomic mass is 10.3. The molecule has 1 N–H and O–H groups in total. The van der Waals surface area contributed by atoms with Gasteiger partial charge >= 0.3 is 6.01 Å². The van der Waals surface area contributed by atoms with E-state index in [0.29, 0.717) is 22.5 Å². The van der Waals surface area contributed by atoms with Crippen molar-refractivity contribution < 1.29 is 18.3 Å². The third-order valence-electron chi connectivity index (χ3n) is 3.75. The maximum absolute atomic E-state index is 13.5. The van der Waals surface area contributed by atoms with Crippen LogP contribution in [0.25, 0.3) is 11.0 Å². The molecule has 0 aliphatic carbocycles. The molecule has 0 amide bonds. The highest BCUT2D eigenvalue weighted by atomic mass is 35.5. The minimum absolute atomic E-state index is 0.0395. The van der Waals surface area contributed by atoms with Crippen LogP contribution in [0.1, 0.15) is 12.6 Å². The summed E-state index contributed by atoms with van der Waals surface area (Å²) >= 11 is 6.41. The van der Waals surface area contributed by atoms with Crippen LogP contribution in [0.3, 0.4) is 0 Å². The molecule has 0 bridgehead atoms. The van der Waals surface area contributed by atoms with Gasteiger partial charge in [-0.05, 0) is 6.42 Å². The lowest BCUT2D eigenvalue weighted by molar-refractivity contribution is 0.411. The molecule has 0 aromatic carbocycles. The fourth-order valence-electron chi connectivity index (χ4n) is 2.53. The molecular formula is C18H12ClF2N5O2. The van der Waals surface area contributed by atoms with Crippen molar-refractivity contribution in [2.75, 3.05) is 0 Å². The average Bonchev–Trinajstić information content (AvgIpc) is 2.98. The third-order valence-corrected chi connectivity index (χ3v) is 4.16. The smallest absolute Gasteiger partial charge is 0.327 e. The van der Waals surface area contributed by atoms with E-state index in [9.17, 15) is 8.78 Å². The fourth-order valence-corrected chi connectivity index (χ4v) is 2.89. The fraction of sp³-hybridized carbons (Fsp3) is 0.111. The molecule has 0 aliphatic rings. The molecule has 0 spiro atoms. The van der Waals surface area contributed by atoms with Crippen molar-refractivity contribution in [3.8, 4) is 23.4 Å². The van der Waals surface area contributed by atoms with E-state index in [1.54, 1.807) is 0 Å². The first-order chi connectivity index (χ1) is 13.5. The number of halogens is 3. The number of H-pyrrole nitrogens is 1. The van der Waals surface area contributed by atoms with Crippen molar-refractivity contribution in [3.63, 3.8) is 0 Å². The molecule has 4 aromatic heterocycles. The zero-order valence-electron chi connectivity index (χ0n) is 14.4. The van der Waals surface area contributed by atoms with Crippen molar-refractivity contribution in [3.05, 3.63) is 59.3 Å². The standard InChI is InChI=1S/C18H12ClF2N5O2/c1-2-13-15(19)14-16(24-13)25-18(28-12-4-10(21)6-23-8-12)26-17(14)27-11-3-9(20)5-22-7-11/h3-8H,2H2,1H3,(H,24,25,26). The first-order valence-corrected chi connectivity index (χ1v) is 8.56. The Morgan fingerprint density at radius 3 is 2.21 bits per heavy atom. The van der Waals surface area contributed by atoms with Gasteiger partial charge in [0.1, 0.15) is 22.7 Å². The number of aryl methyl sites for hydroxylation is 1. The molecule has 0 unspecified atom stereocenters. The Labute approximate surface area is 162 Å². The Balaban J connectivity index is 1.81. The number of nitrogens with zero attached hydrogens (tertiary/aromatic N) is 4. The van der Waals surface area contributed by atoms with Crippen LogP contribution in [0, 0.1) is 11.6 Å². The van der Waals surface area contributed by atoms with Gasteiger partial charge in [-0.25, -0.2) is 8.78 Å². The second kappa shape index (κ2) is 7.35. The second-order valence-electron chi connectivity index (χ2n) is 5.69. The molecule has 4 heterocycles. The molecule has 10 heteroatoms. The summed E-state index contributed by atoms with van der Waals surface area (Å²) in [4.78, 5) is 19.0. The lowest BCUT2D eigenvalue weighted by Crippen LogP contribution is -1.97. The molecule has 4 rings (SSSR count). The Bertz CT molecular complexity index is 1170. The Hall–Kier alpha value is -3.33. The average molecular weight is 404 g/mol. The summed E-state index contributed by atoms with van der Waals surface area (Å²) in [5, 5.41) is 0.795. The van der Waals surface area contributed by atoms with E-state index in [1.807, 2.05) is 6.92 Å². The van der Waals surface area contributed by atoms with E-state index in [4.69, 9.17) is 21.1 Å². The summed E-state index contributed by atoms with van der Waals surface area (Å²) in [6.07, 6.45) is 5.34. The highest BCUT2D eigenvalue weighted by molar-refractivity contribution is 6.36. The molecular weight excluding hydrogens is 392 g/mol. The maximum atomic E-state index is 13.5. The number of pyridine rings is 2. The number of hydrogen-bond acceptors (Lipinski definition) is 6. The minimum atomic E-state index is -0.572. The monoisotopic (exact) mass is 403 g/mol. The van der Waals surface area contributed by atoms with Gasteiger partial charge in [0.05, 0.1) is 29.8 Å². The maximum Gasteiger partial charge on any atom is 0.327 e. The van der Waals surface area contributed by atoms with Gasteiger partial charge in [-0.1, -0.05) is 18.5 Å². The molecule has 142 valence electrons. The van der Waals surface area contributed by atoms with Crippen molar-refractivity contribution in [2.24, 2.45) is 0 Å². The van der Waals surface area contributed by atoms with Gasteiger partial charge in [-0.2, -0.15) is 9.97 Å². The van der Waals surface area contributed by atoms with Crippen LogP contribution in [0.5, 0.6) is 23.4 Å². The quantitative estimate of drug-likeness (QED) is 0.514. The van der Waals surface area contributed by atoms with Crippen molar-refractivity contribution in [1.29, 1.82) is 0 Å². The van der Waals surface area contributed by atoms with Crippen LogP contribution >= 0.6 is 11.6 Å².